The number of aromatic nitrogens is 5. The molecule has 1 aliphatic rings. The number of nitrogens with one attached hydrogen (secondary N) is 2. The molecule has 6 nitrogen and oxygen atoms in total. The molecule has 4 aromatic heterocycles. The highest BCUT2D eigenvalue weighted by Gasteiger charge is 2.15. The number of aromatic amines is 1. The molecular weight excluding hydrogens is 360 g/mol. The summed E-state index contributed by atoms with van der Waals surface area (Å²) in [6.45, 7) is 4.36. The number of fused-ring (bicyclic) bond motifs is 2. The third-order valence-electron chi connectivity index (χ3n) is 5.58. The highest BCUT2D eigenvalue weighted by Crippen LogP contribution is 2.29. The van der Waals surface area contributed by atoms with Crippen LogP contribution in [0.25, 0.3) is 27.7 Å². The number of unbranched alkanes of at least 4 members (excludes halogenated alkanes) is 1. The molecule has 1 fully saturated rings. The van der Waals surface area contributed by atoms with E-state index in [1.54, 1.807) is 6.20 Å². The fourth-order valence-electron chi connectivity index (χ4n) is 3.73. The van der Waals surface area contributed by atoms with Crippen LogP contribution < -0.4 is 5.32 Å². The summed E-state index contributed by atoms with van der Waals surface area (Å²) in [5.41, 5.74) is 4.19. The molecule has 0 bridgehead atoms. The molecule has 6 heteroatoms. The Bertz CT molecular complexity index is 1060. The highest BCUT2D eigenvalue weighted by atomic mass is 15.2. The first-order valence-electron chi connectivity index (χ1n) is 10.8. The van der Waals surface area contributed by atoms with Gasteiger partial charge in [0.15, 0.2) is 0 Å². The van der Waals surface area contributed by atoms with Gasteiger partial charge >= 0.3 is 0 Å². The molecule has 0 aliphatic heterocycles. The van der Waals surface area contributed by atoms with E-state index in [9.17, 15) is 0 Å². The normalized spacial score (nSPS) is 14.7. The average molecular weight is 391 g/mol. The van der Waals surface area contributed by atoms with E-state index in [4.69, 9.17) is 0 Å². The predicted octanol–water partition coefficient (Wildman–Crippen LogP) is 5.82. The van der Waals surface area contributed by atoms with Gasteiger partial charge in [0.1, 0.15) is 5.65 Å². The molecule has 152 valence electrons. The van der Waals surface area contributed by atoms with Crippen molar-refractivity contribution in [2.24, 2.45) is 0 Å². The number of H-pyrrole nitrogens is 1. The second-order valence-electron chi connectivity index (χ2n) is 7.75. The number of hydrogen-bond donors (Lipinski definition) is 2. The maximum atomic E-state index is 4.67. The van der Waals surface area contributed by atoms with Crippen LogP contribution >= 0.6 is 0 Å². The molecule has 0 aromatic carbocycles. The van der Waals surface area contributed by atoms with Gasteiger partial charge in [0, 0.05) is 41.8 Å². The van der Waals surface area contributed by atoms with Crippen molar-refractivity contribution < 1.29 is 0 Å². The lowest BCUT2D eigenvalue weighted by Gasteiger charge is -2.22. The Kier molecular flexibility index (Phi) is 6.08. The summed E-state index contributed by atoms with van der Waals surface area (Å²) < 4.78 is 1.86. The van der Waals surface area contributed by atoms with E-state index in [1.807, 2.05) is 29.2 Å². The van der Waals surface area contributed by atoms with Crippen molar-refractivity contribution in [2.75, 3.05) is 5.32 Å². The van der Waals surface area contributed by atoms with Crippen molar-refractivity contribution in [3.05, 3.63) is 43.0 Å². The number of hydrogen-bond acceptors (Lipinski definition) is 4. The summed E-state index contributed by atoms with van der Waals surface area (Å²) in [5.74, 6) is 0.721. The number of rotatable bonds is 4. The van der Waals surface area contributed by atoms with Crippen molar-refractivity contribution in [3.63, 3.8) is 0 Å². The van der Waals surface area contributed by atoms with Gasteiger partial charge in [0.2, 0.25) is 5.95 Å². The first-order valence-corrected chi connectivity index (χ1v) is 10.8. The molecule has 5 rings (SSSR count). The average Bonchev–Trinajstić information content (AvgIpc) is 3.40. The van der Waals surface area contributed by atoms with Crippen molar-refractivity contribution in [2.45, 2.75) is 64.8 Å². The van der Waals surface area contributed by atoms with E-state index < -0.39 is 0 Å². The third kappa shape index (κ3) is 4.42. The molecule has 4 aromatic rings. The molecule has 2 N–H and O–H groups in total. The van der Waals surface area contributed by atoms with Crippen molar-refractivity contribution in [3.8, 4) is 11.1 Å². The molecule has 4 heterocycles. The Morgan fingerprint density at radius 2 is 1.97 bits per heavy atom. The SMILES string of the molecule is CCCC.c1cc2cc(-c3c[nH]c4nc(NC5CCCCC5)ncc34)ccn2n1. The van der Waals surface area contributed by atoms with Gasteiger partial charge in [0.05, 0.1) is 5.52 Å². The zero-order valence-electron chi connectivity index (χ0n) is 17.4. The van der Waals surface area contributed by atoms with Crippen LogP contribution in [-0.2, 0) is 0 Å². The zero-order valence-corrected chi connectivity index (χ0v) is 17.4. The Morgan fingerprint density at radius 3 is 2.76 bits per heavy atom. The lowest BCUT2D eigenvalue weighted by atomic mass is 9.96. The van der Waals surface area contributed by atoms with Crippen LogP contribution in [0.1, 0.15) is 58.8 Å². The second kappa shape index (κ2) is 9.07. The van der Waals surface area contributed by atoms with Gasteiger partial charge < -0.3 is 10.3 Å². The van der Waals surface area contributed by atoms with E-state index in [2.05, 4.69) is 51.3 Å². The summed E-state index contributed by atoms with van der Waals surface area (Å²) in [5, 5.41) is 8.78. The molecule has 0 unspecified atom stereocenters. The van der Waals surface area contributed by atoms with Crippen LogP contribution in [0.4, 0.5) is 5.95 Å². The minimum atomic E-state index is 0.505. The third-order valence-corrected chi connectivity index (χ3v) is 5.58. The lowest BCUT2D eigenvalue weighted by Crippen LogP contribution is -2.23. The monoisotopic (exact) mass is 390 g/mol. The summed E-state index contributed by atoms with van der Waals surface area (Å²) in [6.07, 6.45) is 16.7. The topological polar surface area (TPSA) is 70.9 Å². The van der Waals surface area contributed by atoms with Crippen LogP contribution in [0.5, 0.6) is 0 Å². The predicted molar refractivity (Wildman–Crippen MR) is 119 cm³/mol. The summed E-state index contributed by atoms with van der Waals surface area (Å²) in [6, 6.07) is 6.70. The first kappa shape index (κ1) is 19.4. The van der Waals surface area contributed by atoms with E-state index in [0.29, 0.717) is 6.04 Å². The van der Waals surface area contributed by atoms with Gasteiger partial charge in [-0.2, -0.15) is 10.1 Å². The molecule has 0 atom stereocenters. The standard InChI is InChI=1S/C19H20N6.C4H10/c1-2-4-14(5-3-1)23-19-21-12-17-16(11-20-18(17)24-19)13-7-9-25-15(10-13)6-8-22-25;1-3-4-2/h6-12,14H,1-5H2,(H2,20,21,23,24);3-4H2,1-2H3. The molecule has 1 aliphatic carbocycles. The zero-order chi connectivity index (χ0) is 20.1. The smallest absolute Gasteiger partial charge is 0.224 e. The van der Waals surface area contributed by atoms with Crippen molar-refractivity contribution >= 4 is 22.5 Å². The summed E-state index contributed by atoms with van der Waals surface area (Å²) in [7, 11) is 0. The molecular formula is C23H30N6. The van der Waals surface area contributed by atoms with Crippen LogP contribution in [-0.4, -0.2) is 30.6 Å². The van der Waals surface area contributed by atoms with Crippen LogP contribution in [0.15, 0.2) is 43.0 Å². The first-order chi connectivity index (χ1) is 14.3. The molecule has 0 saturated heterocycles. The van der Waals surface area contributed by atoms with Gasteiger partial charge in [0.25, 0.3) is 0 Å². The van der Waals surface area contributed by atoms with Gasteiger partial charge in [-0.1, -0.05) is 46.0 Å². The fourth-order valence-corrected chi connectivity index (χ4v) is 3.73. The number of nitrogens with zero attached hydrogens (tertiary/aromatic N) is 4. The van der Waals surface area contributed by atoms with Gasteiger partial charge in [-0.15, -0.1) is 0 Å². The molecule has 1 saturated carbocycles. The molecule has 0 amide bonds. The number of anilines is 1. The maximum Gasteiger partial charge on any atom is 0.224 e. The maximum absolute atomic E-state index is 4.67. The summed E-state index contributed by atoms with van der Waals surface area (Å²) in [4.78, 5) is 12.5. The minimum Gasteiger partial charge on any atom is -0.351 e. The minimum absolute atomic E-state index is 0.505. The lowest BCUT2D eigenvalue weighted by molar-refractivity contribution is 0.461. The Hall–Kier alpha value is -2.89. The van der Waals surface area contributed by atoms with E-state index in [-0.39, 0.29) is 0 Å². The van der Waals surface area contributed by atoms with Gasteiger partial charge in [-0.05, 0) is 36.6 Å². The largest absolute Gasteiger partial charge is 0.351 e. The second-order valence-corrected chi connectivity index (χ2v) is 7.75. The van der Waals surface area contributed by atoms with E-state index in [0.717, 1.165) is 33.6 Å². The Balaban J connectivity index is 0.000000472. The van der Waals surface area contributed by atoms with Gasteiger partial charge in [-0.3, -0.25) is 0 Å². The van der Waals surface area contributed by atoms with Crippen molar-refractivity contribution in [1.82, 2.24) is 24.6 Å². The molecule has 0 radical (unpaired) electrons. The number of pyridine rings is 1. The molecule has 0 spiro atoms. The van der Waals surface area contributed by atoms with Crippen LogP contribution in [0.3, 0.4) is 0 Å². The summed E-state index contributed by atoms with van der Waals surface area (Å²) >= 11 is 0. The Labute approximate surface area is 171 Å². The van der Waals surface area contributed by atoms with Crippen LogP contribution in [0.2, 0.25) is 0 Å². The van der Waals surface area contributed by atoms with Crippen LogP contribution in [0, 0.1) is 0 Å². The fraction of sp³-hybridized carbons (Fsp3) is 0.435. The van der Waals surface area contributed by atoms with E-state index in [1.165, 1.54) is 44.9 Å². The molecule has 29 heavy (non-hydrogen) atoms. The Morgan fingerprint density at radius 1 is 1.14 bits per heavy atom. The van der Waals surface area contributed by atoms with Crippen molar-refractivity contribution in [1.29, 1.82) is 0 Å². The quantitative estimate of drug-likeness (QED) is 0.460. The van der Waals surface area contributed by atoms with Gasteiger partial charge in [-0.25, -0.2) is 9.50 Å². The highest BCUT2D eigenvalue weighted by molar-refractivity contribution is 5.94. The van der Waals surface area contributed by atoms with E-state index >= 15 is 0 Å².